The molecule has 0 saturated heterocycles. The first kappa shape index (κ1) is 23.8. The zero-order valence-electron chi connectivity index (χ0n) is 20.7. The number of methoxy groups -OCH3 is 1. The van der Waals surface area contributed by atoms with Crippen LogP contribution < -0.4 is 0 Å². The quantitative estimate of drug-likeness (QED) is 0.533. The highest BCUT2D eigenvalue weighted by atomic mass is 16.5. The number of hydrogen-bond donors (Lipinski definition) is 0. The van der Waals surface area contributed by atoms with Crippen molar-refractivity contribution in [3.05, 3.63) is 0 Å². The van der Waals surface area contributed by atoms with Gasteiger partial charge >= 0.3 is 11.9 Å². The Kier molecular flexibility index (Phi) is 6.50. The van der Waals surface area contributed by atoms with E-state index < -0.39 is 0 Å². The van der Waals surface area contributed by atoms with E-state index in [9.17, 15) is 14.4 Å². The molecule has 0 aromatic rings. The summed E-state index contributed by atoms with van der Waals surface area (Å²) < 4.78 is 10.4. The highest BCUT2D eigenvalue weighted by Gasteiger charge is 2.64. The van der Waals surface area contributed by atoms with Crippen molar-refractivity contribution in [1.29, 1.82) is 0 Å². The summed E-state index contributed by atoms with van der Waals surface area (Å²) >= 11 is 0. The lowest BCUT2D eigenvalue weighted by molar-refractivity contribution is -0.167. The smallest absolute Gasteiger partial charge is 0.305 e. The van der Waals surface area contributed by atoms with Crippen LogP contribution in [0.5, 0.6) is 0 Å². The fourth-order valence-corrected chi connectivity index (χ4v) is 8.86. The maximum absolute atomic E-state index is 13.8. The molecule has 0 bridgehead atoms. The van der Waals surface area contributed by atoms with Crippen LogP contribution in [-0.4, -0.2) is 30.9 Å². The van der Waals surface area contributed by atoms with Gasteiger partial charge < -0.3 is 9.47 Å². The van der Waals surface area contributed by atoms with Gasteiger partial charge in [0.2, 0.25) is 0 Å². The second-order valence-corrected chi connectivity index (χ2v) is 11.8. The summed E-state index contributed by atoms with van der Waals surface area (Å²) in [7, 11) is 1.45. The van der Waals surface area contributed by atoms with Crippen molar-refractivity contribution in [2.45, 2.75) is 98.0 Å². The van der Waals surface area contributed by atoms with Gasteiger partial charge in [-0.25, -0.2) is 0 Å². The minimum atomic E-state index is -0.241. The van der Waals surface area contributed by atoms with Gasteiger partial charge in [-0.05, 0) is 92.3 Å². The summed E-state index contributed by atoms with van der Waals surface area (Å²) in [5, 5.41) is 0. The molecule has 4 saturated carbocycles. The van der Waals surface area contributed by atoms with Gasteiger partial charge in [0.05, 0.1) is 7.11 Å². The van der Waals surface area contributed by atoms with Gasteiger partial charge in [0.1, 0.15) is 11.9 Å². The average molecular weight is 447 g/mol. The molecule has 4 aliphatic rings. The van der Waals surface area contributed by atoms with Crippen molar-refractivity contribution in [3.8, 4) is 0 Å². The Morgan fingerprint density at radius 2 is 1.84 bits per heavy atom. The number of esters is 2. The van der Waals surface area contributed by atoms with Crippen LogP contribution in [0.4, 0.5) is 0 Å². The molecule has 0 aromatic heterocycles. The summed E-state index contributed by atoms with van der Waals surface area (Å²) in [6.45, 7) is 8.43. The van der Waals surface area contributed by atoms with E-state index in [2.05, 4.69) is 20.8 Å². The third kappa shape index (κ3) is 3.81. The predicted molar refractivity (Wildman–Crippen MR) is 122 cm³/mol. The Balaban J connectivity index is 1.50. The number of hydrogen-bond acceptors (Lipinski definition) is 5. The standard InChI is InChI=1S/C27H42O5/c1-16(6-11-25(30)31-5)21-9-10-22-20-8-7-18-14-19(32-17(2)28)12-13-26(18,3)23(20)15-24(29)27(21,22)4/h16,18-23H,6-15H2,1-5H3/t16?,18?,19-,20?,21?,22?,23?,26?,27?/m1/s1. The monoisotopic (exact) mass is 446 g/mol. The van der Waals surface area contributed by atoms with Crippen LogP contribution in [0, 0.1) is 46.3 Å². The number of rotatable bonds is 5. The van der Waals surface area contributed by atoms with Gasteiger partial charge in [0, 0.05) is 25.2 Å². The Morgan fingerprint density at radius 1 is 1.09 bits per heavy atom. The van der Waals surface area contributed by atoms with E-state index in [0.29, 0.717) is 54.1 Å². The zero-order valence-corrected chi connectivity index (χ0v) is 20.7. The van der Waals surface area contributed by atoms with Crippen LogP contribution in [-0.2, 0) is 23.9 Å². The van der Waals surface area contributed by atoms with Crippen molar-refractivity contribution in [2.75, 3.05) is 7.11 Å². The van der Waals surface area contributed by atoms with Crippen molar-refractivity contribution in [2.24, 2.45) is 46.3 Å². The Bertz CT molecular complexity index is 761. The second kappa shape index (κ2) is 8.76. The predicted octanol–water partition coefficient (Wildman–Crippen LogP) is 5.35. The molecular formula is C27H42O5. The molecule has 0 N–H and O–H groups in total. The van der Waals surface area contributed by atoms with Gasteiger partial charge in [0.25, 0.3) is 0 Å². The minimum absolute atomic E-state index is 0.0539. The largest absolute Gasteiger partial charge is 0.469 e. The van der Waals surface area contributed by atoms with Gasteiger partial charge in [0.15, 0.2) is 0 Å². The number of ketones is 1. The number of carbonyl (C=O) groups is 3. The van der Waals surface area contributed by atoms with E-state index >= 15 is 0 Å². The summed E-state index contributed by atoms with van der Waals surface area (Å²) in [4.78, 5) is 37.0. The van der Waals surface area contributed by atoms with Gasteiger partial charge in [-0.2, -0.15) is 0 Å². The van der Waals surface area contributed by atoms with E-state index in [0.717, 1.165) is 38.5 Å². The number of carbonyl (C=O) groups excluding carboxylic acids is 3. The maximum atomic E-state index is 13.8. The van der Waals surface area contributed by atoms with E-state index in [-0.39, 0.29) is 28.9 Å². The molecular weight excluding hydrogens is 404 g/mol. The van der Waals surface area contributed by atoms with Crippen molar-refractivity contribution in [1.82, 2.24) is 0 Å². The van der Waals surface area contributed by atoms with Crippen LogP contribution >= 0.6 is 0 Å². The highest BCUT2D eigenvalue weighted by molar-refractivity contribution is 5.87. The molecule has 5 nitrogen and oxygen atoms in total. The van der Waals surface area contributed by atoms with E-state index in [1.54, 1.807) is 0 Å². The lowest BCUT2D eigenvalue weighted by Crippen LogP contribution is -2.57. The summed E-state index contributed by atoms with van der Waals surface area (Å²) in [6.07, 6.45) is 9.61. The minimum Gasteiger partial charge on any atom is -0.469 e. The summed E-state index contributed by atoms with van der Waals surface area (Å²) in [5.74, 6) is 3.00. The Hall–Kier alpha value is -1.39. The second-order valence-electron chi connectivity index (χ2n) is 11.8. The van der Waals surface area contributed by atoms with Crippen LogP contribution in [0.1, 0.15) is 91.9 Å². The van der Waals surface area contributed by atoms with E-state index in [1.807, 2.05) is 0 Å². The SMILES string of the molecule is COC(=O)CCC(C)C1CCC2C3CCC4C[C@H](OC(C)=O)CCC4(C)C3CC(=O)C12C. The Morgan fingerprint density at radius 3 is 2.53 bits per heavy atom. The van der Waals surface area contributed by atoms with Crippen molar-refractivity contribution in [3.63, 3.8) is 0 Å². The summed E-state index contributed by atoms with van der Waals surface area (Å²) in [5.41, 5.74) is -0.0556. The first-order valence-electron chi connectivity index (χ1n) is 12.9. The molecule has 0 spiro atoms. The molecule has 0 amide bonds. The first-order chi connectivity index (χ1) is 15.1. The number of Topliss-reactive ketones (excluding diaryl/α,β-unsaturated/α-hetero) is 1. The molecule has 0 radical (unpaired) electrons. The molecule has 8 unspecified atom stereocenters. The van der Waals surface area contributed by atoms with Crippen LogP contribution in [0.3, 0.4) is 0 Å². The molecule has 5 heteroatoms. The maximum Gasteiger partial charge on any atom is 0.305 e. The highest BCUT2D eigenvalue weighted by Crippen LogP contribution is 2.67. The van der Waals surface area contributed by atoms with Crippen LogP contribution in [0.2, 0.25) is 0 Å². The molecule has 32 heavy (non-hydrogen) atoms. The fraction of sp³-hybridized carbons (Fsp3) is 0.889. The number of ether oxygens (including phenoxy) is 2. The summed E-state index contributed by atoms with van der Waals surface area (Å²) in [6, 6.07) is 0. The molecule has 180 valence electrons. The van der Waals surface area contributed by atoms with Gasteiger partial charge in [-0.3, -0.25) is 14.4 Å². The molecule has 0 heterocycles. The van der Waals surface area contributed by atoms with Crippen molar-refractivity contribution < 1.29 is 23.9 Å². The zero-order chi connectivity index (χ0) is 23.3. The lowest BCUT2D eigenvalue weighted by atomic mass is 9.44. The normalized spacial score (nSPS) is 44.1. The molecule has 9 atom stereocenters. The topological polar surface area (TPSA) is 69.7 Å². The fourth-order valence-electron chi connectivity index (χ4n) is 8.86. The average Bonchev–Trinajstić information content (AvgIpc) is 3.11. The Labute approximate surface area is 193 Å². The van der Waals surface area contributed by atoms with E-state index in [4.69, 9.17) is 9.47 Å². The molecule has 4 aliphatic carbocycles. The van der Waals surface area contributed by atoms with Crippen LogP contribution in [0.25, 0.3) is 0 Å². The van der Waals surface area contributed by atoms with Crippen molar-refractivity contribution >= 4 is 17.7 Å². The third-order valence-electron chi connectivity index (χ3n) is 10.6. The first-order valence-corrected chi connectivity index (χ1v) is 12.9. The third-order valence-corrected chi connectivity index (χ3v) is 10.6. The van der Waals surface area contributed by atoms with Gasteiger partial charge in [-0.1, -0.05) is 20.8 Å². The lowest BCUT2D eigenvalue weighted by Gasteiger charge is -2.60. The van der Waals surface area contributed by atoms with E-state index in [1.165, 1.54) is 26.9 Å². The molecule has 4 fully saturated rings. The van der Waals surface area contributed by atoms with Gasteiger partial charge in [-0.15, -0.1) is 0 Å². The molecule has 4 rings (SSSR count). The molecule has 0 aromatic carbocycles. The van der Waals surface area contributed by atoms with Crippen LogP contribution in [0.15, 0.2) is 0 Å². The molecule has 0 aliphatic heterocycles. The number of fused-ring (bicyclic) bond motifs is 5.